The quantitative estimate of drug-likeness (QED) is 0.748. The molecule has 26 heavy (non-hydrogen) atoms. The Hall–Kier alpha value is -2.74. The van der Waals surface area contributed by atoms with Gasteiger partial charge in [0, 0.05) is 35.5 Å². The molecule has 2 aromatic rings. The molecular weight excluding hydrogens is 400 g/mol. The lowest BCUT2D eigenvalue weighted by Crippen LogP contribution is -2.45. The molecule has 1 aliphatic heterocycles. The third-order valence-electron chi connectivity index (χ3n) is 4.17. The van der Waals surface area contributed by atoms with Gasteiger partial charge in [0.15, 0.2) is 0 Å². The number of pyridine rings is 1. The van der Waals surface area contributed by atoms with Gasteiger partial charge in [-0.1, -0.05) is 15.9 Å². The van der Waals surface area contributed by atoms with Crippen LogP contribution in [-0.4, -0.2) is 29.3 Å². The van der Waals surface area contributed by atoms with Crippen LogP contribution in [0.25, 0.3) is 0 Å². The number of nitrogens with zero attached hydrogens (tertiary/aromatic N) is 2. The van der Waals surface area contributed by atoms with Crippen LogP contribution in [-0.2, 0) is 9.59 Å². The largest absolute Gasteiger partial charge is 0.311 e. The van der Waals surface area contributed by atoms with E-state index in [0.717, 1.165) is 15.7 Å². The molecule has 0 spiro atoms. The number of benzene rings is 1. The number of nitrogens with one attached hydrogen (secondary N) is 2. The second kappa shape index (κ2) is 7.65. The predicted molar refractivity (Wildman–Crippen MR) is 99.2 cm³/mol. The standard InChI is InChI=1S/C18H17BrN4O3/c1-11-7-14(19)4-5-15(11)23-10-13(8-16(23)24)18(26)22-21-17(25)12-3-2-6-20-9-12/h2-7,9,13H,8,10H2,1H3,(H,21,25)(H,22,26)/t13-/m0/s1. The number of rotatable bonds is 3. The molecule has 1 atom stereocenters. The minimum Gasteiger partial charge on any atom is -0.311 e. The van der Waals surface area contributed by atoms with Crippen molar-refractivity contribution < 1.29 is 14.4 Å². The highest BCUT2D eigenvalue weighted by Gasteiger charge is 2.35. The summed E-state index contributed by atoms with van der Waals surface area (Å²) >= 11 is 3.40. The number of hydrazine groups is 1. The maximum atomic E-state index is 12.3. The molecule has 1 aliphatic rings. The number of aryl methyl sites for hydroxylation is 1. The Balaban J connectivity index is 1.61. The van der Waals surface area contributed by atoms with Gasteiger partial charge in [0.1, 0.15) is 0 Å². The van der Waals surface area contributed by atoms with Gasteiger partial charge in [-0.25, -0.2) is 0 Å². The summed E-state index contributed by atoms with van der Waals surface area (Å²) in [5, 5.41) is 0. The summed E-state index contributed by atoms with van der Waals surface area (Å²) in [4.78, 5) is 42.0. The van der Waals surface area contributed by atoms with Crippen LogP contribution in [0.3, 0.4) is 0 Å². The maximum absolute atomic E-state index is 12.3. The van der Waals surface area contributed by atoms with Crippen LogP contribution in [0.4, 0.5) is 5.69 Å². The van der Waals surface area contributed by atoms with E-state index in [0.29, 0.717) is 5.56 Å². The lowest BCUT2D eigenvalue weighted by molar-refractivity contribution is -0.126. The van der Waals surface area contributed by atoms with Gasteiger partial charge in [0.2, 0.25) is 11.8 Å². The van der Waals surface area contributed by atoms with Crippen LogP contribution >= 0.6 is 15.9 Å². The van der Waals surface area contributed by atoms with Crippen molar-refractivity contribution in [3.8, 4) is 0 Å². The molecule has 0 bridgehead atoms. The van der Waals surface area contributed by atoms with Crippen LogP contribution in [0.5, 0.6) is 0 Å². The monoisotopic (exact) mass is 416 g/mol. The molecule has 3 rings (SSSR count). The third-order valence-corrected chi connectivity index (χ3v) is 4.66. The van der Waals surface area contributed by atoms with Gasteiger partial charge in [-0.05, 0) is 42.8 Å². The molecule has 0 saturated carbocycles. The van der Waals surface area contributed by atoms with E-state index in [-0.39, 0.29) is 18.9 Å². The highest BCUT2D eigenvalue weighted by Crippen LogP contribution is 2.29. The van der Waals surface area contributed by atoms with Crippen molar-refractivity contribution in [2.45, 2.75) is 13.3 Å². The van der Waals surface area contributed by atoms with Gasteiger partial charge in [-0.2, -0.15) is 0 Å². The molecule has 7 nitrogen and oxygen atoms in total. The SMILES string of the molecule is Cc1cc(Br)ccc1N1C[C@@H](C(=O)NNC(=O)c2cccnc2)CC1=O. The van der Waals surface area contributed by atoms with Gasteiger partial charge in [-0.3, -0.25) is 30.2 Å². The number of anilines is 1. The minimum absolute atomic E-state index is 0.101. The van der Waals surface area contributed by atoms with E-state index in [4.69, 9.17) is 0 Å². The average molecular weight is 417 g/mol. The summed E-state index contributed by atoms with van der Waals surface area (Å²) in [5.41, 5.74) is 6.80. The smallest absolute Gasteiger partial charge is 0.271 e. The second-order valence-electron chi connectivity index (χ2n) is 6.02. The maximum Gasteiger partial charge on any atom is 0.271 e. The van der Waals surface area contributed by atoms with E-state index >= 15 is 0 Å². The molecule has 2 N–H and O–H groups in total. The molecule has 0 aliphatic carbocycles. The Morgan fingerprint density at radius 3 is 2.77 bits per heavy atom. The van der Waals surface area contributed by atoms with Crippen LogP contribution in [0.2, 0.25) is 0 Å². The summed E-state index contributed by atoms with van der Waals surface area (Å²) in [6, 6.07) is 8.85. The topological polar surface area (TPSA) is 91.4 Å². The lowest BCUT2D eigenvalue weighted by Gasteiger charge is -2.19. The number of hydrogen-bond acceptors (Lipinski definition) is 4. The fourth-order valence-electron chi connectivity index (χ4n) is 2.83. The lowest BCUT2D eigenvalue weighted by atomic mass is 10.1. The van der Waals surface area contributed by atoms with E-state index in [9.17, 15) is 14.4 Å². The van der Waals surface area contributed by atoms with Gasteiger partial charge >= 0.3 is 0 Å². The Bertz CT molecular complexity index is 857. The fraction of sp³-hybridized carbons (Fsp3) is 0.222. The Kier molecular flexibility index (Phi) is 5.32. The molecule has 1 fully saturated rings. The summed E-state index contributed by atoms with van der Waals surface area (Å²) in [5.74, 6) is -1.50. The summed E-state index contributed by atoms with van der Waals surface area (Å²) in [7, 11) is 0. The zero-order valence-corrected chi connectivity index (χ0v) is 15.6. The minimum atomic E-state index is -0.528. The number of hydrogen-bond donors (Lipinski definition) is 2. The average Bonchev–Trinajstić information content (AvgIpc) is 3.02. The highest BCUT2D eigenvalue weighted by molar-refractivity contribution is 9.10. The van der Waals surface area contributed by atoms with E-state index in [1.165, 1.54) is 6.20 Å². The summed E-state index contributed by atoms with van der Waals surface area (Å²) in [6.45, 7) is 2.19. The zero-order valence-electron chi connectivity index (χ0n) is 14.0. The van der Waals surface area contributed by atoms with E-state index in [1.807, 2.05) is 25.1 Å². The van der Waals surface area contributed by atoms with Crippen LogP contribution < -0.4 is 15.8 Å². The van der Waals surface area contributed by atoms with Crippen molar-refractivity contribution in [3.63, 3.8) is 0 Å². The number of carbonyl (C=O) groups is 3. The normalized spacial score (nSPS) is 16.5. The Morgan fingerprint density at radius 1 is 1.27 bits per heavy atom. The van der Waals surface area contributed by atoms with Crippen molar-refractivity contribution in [2.24, 2.45) is 5.92 Å². The van der Waals surface area contributed by atoms with Crippen molar-refractivity contribution in [1.29, 1.82) is 0 Å². The van der Waals surface area contributed by atoms with Crippen molar-refractivity contribution in [2.75, 3.05) is 11.4 Å². The molecule has 2 heterocycles. The molecule has 1 aromatic carbocycles. The molecule has 1 saturated heterocycles. The van der Waals surface area contributed by atoms with E-state index in [1.54, 1.807) is 23.2 Å². The predicted octanol–water partition coefficient (Wildman–Crippen LogP) is 1.97. The zero-order chi connectivity index (χ0) is 18.7. The first-order chi connectivity index (χ1) is 12.5. The first kappa shape index (κ1) is 18.1. The Morgan fingerprint density at radius 2 is 2.08 bits per heavy atom. The molecule has 1 aromatic heterocycles. The number of aromatic nitrogens is 1. The summed E-state index contributed by atoms with van der Waals surface area (Å²) in [6.07, 6.45) is 3.06. The molecular formula is C18H17BrN4O3. The van der Waals surface area contributed by atoms with E-state index < -0.39 is 17.7 Å². The van der Waals surface area contributed by atoms with Crippen molar-refractivity contribution in [1.82, 2.24) is 15.8 Å². The molecule has 0 unspecified atom stereocenters. The highest BCUT2D eigenvalue weighted by atomic mass is 79.9. The van der Waals surface area contributed by atoms with Crippen LogP contribution in [0.1, 0.15) is 22.3 Å². The first-order valence-electron chi connectivity index (χ1n) is 8.02. The molecule has 8 heteroatoms. The summed E-state index contributed by atoms with van der Waals surface area (Å²) < 4.78 is 0.929. The van der Waals surface area contributed by atoms with Gasteiger partial charge in [0.05, 0.1) is 11.5 Å². The molecule has 0 radical (unpaired) electrons. The van der Waals surface area contributed by atoms with Crippen molar-refractivity contribution in [3.05, 3.63) is 58.3 Å². The van der Waals surface area contributed by atoms with Crippen molar-refractivity contribution >= 4 is 39.3 Å². The molecule has 3 amide bonds. The van der Waals surface area contributed by atoms with Gasteiger partial charge < -0.3 is 4.90 Å². The van der Waals surface area contributed by atoms with Crippen LogP contribution in [0.15, 0.2) is 47.2 Å². The van der Waals surface area contributed by atoms with Crippen LogP contribution in [0, 0.1) is 12.8 Å². The second-order valence-corrected chi connectivity index (χ2v) is 6.94. The fourth-order valence-corrected chi connectivity index (χ4v) is 3.30. The molecule has 134 valence electrons. The first-order valence-corrected chi connectivity index (χ1v) is 8.81. The number of carbonyl (C=O) groups excluding carboxylic acids is 3. The Labute approximate surface area is 158 Å². The number of halogens is 1. The number of amides is 3. The van der Waals surface area contributed by atoms with Gasteiger partial charge in [-0.15, -0.1) is 0 Å². The van der Waals surface area contributed by atoms with E-state index in [2.05, 4.69) is 31.8 Å². The van der Waals surface area contributed by atoms with Gasteiger partial charge in [0.25, 0.3) is 5.91 Å². The third kappa shape index (κ3) is 3.91.